The average molecular weight is 277 g/mol. The summed E-state index contributed by atoms with van der Waals surface area (Å²) < 4.78 is 0. The highest BCUT2D eigenvalue weighted by molar-refractivity contribution is 5.55. The number of hydrogen-bond donors (Lipinski definition) is 1. The summed E-state index contributed by atoms with van der Waals surface area (Å²) in [6, 6.07) is 5.00. The van der Waals surface area contributed by atoms with Crippen molar-refractivity contribution < 1.29 is 4.92 Å². The van der Waals surface area contributed by atoms with Gasteiger partial charge in [-0.3, -0.25) is 10.1 Å². The molecule has 0 aliphatic heterocycles. The Kier molecular flexibility index (Phi) is 4.28. The van der Waals surface area contributed by atoms with Crippen molar-refractivity contribution in [3.8, 4) is 0 Å². The highest BCUT2D eigenvalue weighted by atomic mass is 16.6. The molecule has 5 heteroatoms. The molecule has 0 amide bonds. The zero-order valence-corrected chi connectivity index (χ0v) is 12.5. The van der Waals surface area contributed by atoms with Crippen LogP contribution in [-0.4, -0.2) is 36.0 Å². The van der Waals surface area contributed by atoms with Gasteiger partial charge in [0.05, 0.1) is 4.92 Å². The number of non-ortho nitro benzene ring substituents is 1. The Hall–Kier alpha value is -1.62. The zero-order valence-electron chi connectivity index (χ0n) is 12.5. The second-order valence-corrected chi connectivity index (χ2v) is 5.94. The summed E-state index contributed by atoms with van der Waals surface area (Å²) in [5, 5.41) is 14.2. The van der Waals surface area contributed by atoms with E-state index in [1.807, 2.05) is 13.0 Å². The van der Waals surface area contributed by atoms with Crippen molar-refractivity contribution in [2.24, 2.45) is 0 Å². The highest BCUT2D eigenvalue weighted by Crippen LogP contribution is 2.34. The summed E-state index contributed by atoms with van der Waals surface area (Å²) in [5.41, 5.74) is 2.28. The van der Waals surface area contributed by atoms with Crippen LogP contribution in [0.25, 0.3) is 0 Å². The third-order valence-corrected chi connectivity index (χ3v) is 4.51. The molecule has 0 atom stereocenters. The number of benzene rings is 1. The van der Waals surface area contributed by atoms with Gasteiger partial charge in [-0.1, -0.05) is 12.8 Å². The molecule has 1 aliphatic carbocycles. The molecule has 0 heterocycles. The molecule has 0 saturated heterocycles. The van der Waals surface area contributed by atoms with Crippen molar-refractivity contribution in [3.63, 3.8) is 0 Å². The van der Waals surface area contributed by atoms with Crippen molar-refractivity contribution in [1.82, 2.24) is 4.90 Å². The Labute approximate surface area is 120 Å². The largest absolute Gasteiger partial charge is 0.383 e. The molecule has 110 valence electrons. The lowest BCUT2D eigenvalue weighted by Crippen LogP contribution is -2.47. The molecule has 20 heavy (non-hydrogen) atoms. The minimum Gasteiger partial charge on any atom is -0.383 e. The van der Waals surface area contributed by atoms with Gasteiger partial charge in [-0.05, 0) is 45.5 Å². The first-order chi connectivity index (χ1) is 9.44. The smallest absolute Gasteiger partial charge is 0.269 e. The zero-order chi connectivity index (χ0) is 14.8. The highest BCUT2D eigenvalue weighted by Gasteiger charge is 2.35. The van der Waals surface area contributed by atoms with Crippen LogP contribution in [0.3, 0.4) is 0 Å². The number of nitrogens with zero attached hydrogens (tertiary/aromatic N) is 2. The van der Waals surface area contributed by atoms with Gasteiger partial charge in [0.15, 0.2) is 0 Å². The summed E-state index contributed by atoms with van der Waals surface area (Å²) in [6.07, 6.45) is 4.97. The van der Waals surface area contributed by atoms with E-state index < -0.39 is 0 Å². The Morgan fingerprint density at radius 3 is 2.50 bits per heavy atom. The predicted octanol–water partition coefficient (Wildman–Crippen LogP) is 3.19. The van der Waals surface area contributed by atoms with Crippen LogP contribution < -0.4 is 5.32 Å². The molecule has 0 aromatic heterocycles. The summed E-state index contributed by atoms with van der Waals surface area (Å²) in [4.78, 5) is 12.7. The molecule has 1 aromatic rings. The Morgan fingerprint density at radius 1 is 1.35 bits per heavy atom. The van der Waals surface area contributed by atoms with Crippen molar-refractivity contribution in [1.29, 1.82) is 0 Å². The van der Waals surface area contributed by atoms with Crippen molar-refractivity contribution in [3.05, 3.63) is 33.9 Å². The Morgan fingerprint density at radius 2 is 2.00 bits per heavy atom. The molecule has 1 fully saturated rings. The maximum Gasteiger partial charge on any atom is 0.269 e. The number of anilines is 1. The first-order valence-corrected chi connectivity index (χ1v) is 7.11. The molecule has 0 spiro atoms. The minimum atomic E-state index is -0.352. The number of rotatable bonds is 5. The van der Waals surface area contributed by atoms with Crippen LogP contribution in [0.4, 0.5) is 11.4 Å². The third kappa shape index (κ3) is 2.93. The molecule has 0 radical (unpaired) electrons. The number of nitro benzene ring substituents is 1. The van der Waals surface area contributed by atoms with Crippen molar-refractivity contribution in [2.75, 3.05) is 26.0 Å². The van der Waals surface area contributed by atoms with Gasteiger partial charge in [0.25, 0.3) is 5.69 Å². The van der Waals surface area contributed by atoms with Gasteiger partial charge in [-0.15, -0.1) is 0 Å². The van der Waals surface area contributed by atoms with Crippen LogP contribution in [0, 0.1) is 17.0 Å². The van der Waals surface area contributed by atoms with Crippen LogP contribution >= 0.6 is 0 Å². The summed E-state index contributed by atoms with van der Waals surface area (Å²) in [6.45, 7) is 2.80. The van der Waals surface area contributed by atoms with E-state index in [0.29, 0.717) is 0 Å². The van der Waals surface area contributed by atoms with Gasteiger partial charge < -0.3 is 10.2 Å². The topological polar surface area (TPSA) is 58.4 Å². The Balaban J connectivity index is 2.09. The van der Waals surface area contributed by atoms with Gasteiger partial charge in [0, 0.05) is 29.9 Å². The van der Waals surface area contributed by atoms with E-state index in [-0.39, 0.29) is 16.1 Å². The number of likely N-dealkylation sites (N-methyl/N-ethyl adjacent to an activating group) is 1. The molecular weight excluding hydrogens is 254 g/mol. The van der Waals surface area contributed by atoms with Crippen LogP contribution in [-0.2, 0) is 0 Å². The summed E-state index contributed by atoms with van der Waals surface area (Å²) >= 11 is 0. The number of nitrogens with one attached hydrogen (secondary N) is 1. The van der Waals surface area contributed by atoms with Gasteiger partial charge in [0.1, 0.15) is 0 Å². The Bertz CT molecular complexity index is 494. The summed E-state index contributed by atoms with van der Waals surface area (Å²) in [7, 11) is 4.27. The maximum absolute atomic E-state index is 10.8. The lowest BCUT2D eigenvalue weighted by atomic mass is 9.95. The van der Waals surface area contributed by atoms with E-state index in [2.05, 4.69) is 24.3 Å². The van der Waals surface area contributed by atoms with E-state index in [9.17, 15) is 10.1 Å². The predicted molar refractivity (Wildman–Crippen MR) is 81.2 cm³/mol. The molecule has 2 rings (SSSR count). The van der Waals surface area contributed by atoms with Crippen LogP contribution in [0.15, 0.2) is 18.2 Å². The van der Waals surface area contributed by atoms with E-state index in [4.69, 9.17) is 0 Å². The SMILES string of the molecule is Cc1cc([N+](=O)[O-])ccc1NCC1(N(C)C)CCCC1. The van der Waals surface area contributed by atoms with E-state index in [1.165, 1.54) is 25.7 Å². The van der Waals surface area contributed by atoms with E-state index >= 15 is 0 Å². The second kappa shape index (κ2) is 5.79. The average Bonchev–Trinajstić information content (AvgIpc) is 2.87. The standard InChI is InChI=1S/C15H23N3O2/c1-12-10-13(18(19)20)6-7-14(12)16-11-15(17(2)3)8-4-5-9-15/h6-7,10,16H,4-5,8-9,11H2,1-3H3. The third-order valence-electron chi connectivity index (χ3n) is 4.51. The number of aryl methyl sites for hydroxylation is 1. The number of hydrogen-bond acceptors (Lipinski definition) is 4. The van der Waals surface area contributed by atoms with Crippen LogP contribution in [0.1, 0.15) is 31.2 Å². The van der Waals surface area contributed by atoms with Gasteiger partial charge >= 0.3 is 0 Å². The summed E-state index contributed by atoms with van der Waals surface area (Å²) in [5.74, 6) is 0. The molecule has 5 nitrogen and oxygen atoms in total. The fourth-order valence-electron chi connectivity index (χ4n) is 3.03. The van der Waals surface area contributed by atoms with E-state index in [0.717, 1.165) is 17.8 Å². The first kappa shape index (κ1) is 14.8. The molecular formula is C15H23N3O2. The first-order valence-electron chi connectivity index (χ1n) is 7.11. The fraction of sp³-hybridized carbons (Fsp3) is 0.600. The van der Waals surface area contributed by atoms with Crippen molar-refractivity contribution in [2.45, 2.75) is 38.1 Å². The van der Waals surface area contributed by atoms with Crippen LogP contribution in [0.5, 0.6) is 0 Å². The molecule has 0 unspecified atom stereocenters. The maximum atomic E-state index is 10.8. The van der Waals surface area contributed by atoms with Crippen LogP contribution in [0.2, 0.25) is 0 Å². The normalized spacial score (nSPS) is 17.4. The molecule has 1 aromatic carbocycles. The fourth-order valence-corrected chi connectivity index (χ4v) is 3.03. The van der Waals surface area contributed by atoms with E-state index in [1.54, 1.807) is 12.1 Å². The lowest BCUT2D eigenvalue weighted by Gasteiger charge is -2.37. The van der Waals surface area contributed by atoms with Gasteiger partial charge in [-0.25, -0.2) is 0 Å². The lowest BCUT2D eigenvalue weighted by molar-refractivity contribution is -0.384. The molecule has 1 saturated carbocycles. The van der Waals surface area contributed by atoms with Gasteiger partial charge in [0.2, 0.25) is 0 Å². The molecule has 1 N–H and O–H groups in total. The quantitative estimate of drug-likeness (QED) is 0.663. The van der Waals surface area contributed by atoms with Crippen molar-refractivity contribution >= 4 is 11.4 Å². The minimum absolute atomic E-state index is 0.149. The monoisotopic (exact) mass is 277 g/mol. The molecule has 1 aliphatic rings. The number of nitro groups is 1. The van der Waals surface area contributed by atoms with Gasteiger partial charge in [-0.2, -0.15) is 0 Å². The molecule has 0 bridgehead atoms. The second-order valence-electron chi connectivity index (χ2n) is 5.94.